The van der Waals surface area contributed by atoms with Crippen molar-refractivity contribution in [1.29, 1.82) is 0 Å². The standard InChI is InChI=1S/C24H15N7O2S3.ClH/c25-21-13-26-17(12-27-21)3-5-18-11-19-23(35-18)24(29-14-28-19)30-16-4-6-20-15(10-16)7-8-31(20)36(32,33)22-2-1-9-34-22;/h1-2,4,6-14H,(H2,25,27)(H,28,29,30);1H. The van der Waals surface area contributed by atoms with Gasteiger partial charge in [0.2, 0.25) is 0 Å². The number of nitrogens with one attached hydrogen (secondary N) is 1. The number of benzene rings is 1. The van der Waals surface area contributed by atoms with E-state index in [1.165, 1.54) is 45.4 Å². The normalized spacial score (nSPS) is 11.1. The number of hydrogen-bond acceptors (Lipinski definition) is 10. The predicted molar refractivity (Wildman–Crippen MR) is 149 cm³/mol. The Morgan fingerprint density at radius 3 is 2.68 bits per heavy atom. The summed E-state index contributed by atoms with van der Waals surface area (Å²) in [5.74, 6) is 7.03. The van der Waals surface area contributed by atoms with E-state index in [9.17, 15) is 8.42 Å². The smallest absolute Gasteiger partial charge is 0.277 e. The molecule has 37 heavy (non-hydrogen) atoms. The van der Waals surface area contributed by atoms with Crippen molar-refractivity contribution < 1.29 is 8.42 Å². The molecule has 9 nitrogen and oxygen atoms in total. The Bertz CT molecular complexity index is 1900. The molecule has 6 aromatic rings. The van der Waals surface area contributed by atoms with Crippen LogP contribution in [0.5, 0.6) is 0 Å². The van der Waals surface area contributed by atoms with Crippen LogP contribution < -0.4 is 11.1 Å². The average Bonchev–Trinajstić information content (AvgIpc) is 3.63. The Morgan fingerprint density at radius 2 is 1.89 bits per heavy atom. The third kappa shape index (κ3) is 4.73. The van der Waals surface area contributed by atoms with E-state index < -0.39 is 10.0 Å². The zero-order chi connectivity index (χ0) is 24.7. The van der Waals surface area contributed by atoms with Crippen LogP contribution in [0.1, 0.15) is 10.6 Å². The summed E-state index contributed by atoms with van der Waals surface area (Å²) in [4.78, 5) is 17.7. The Labute approximate surface area is 225 Å². The first-order valence-electron chi connectivity index (χ1n) is 10.5. The SMILES string of the molecule is Cl.Nc1cnc(C#Cc2cc3ncnc(Nc4ccc5c(ccn5S(=O)(=O)c5cccs5)c4)c3s2)cn1. The molecule has 5 aromatic heterocycles. The number of aromatic nitrogens is 5. The molecule has 0 fully saturated rings. The number of rotatable bonds is 4. The van der Waals surface area contributed by atoms with E-state index in [2.05, 4.69) is 37.1 Å². The molecule has 0 amide bonds. The molecule has 0 saturated heterocycles. The molecule has 0 aliphatic carbocycles. The van der Waals surface area contributed by atoms with Crippen LogP contribution in [0.15, 0.2) is 77.0 Å². The highest BCUT2D eigenvalue weighted by atomic mass is 35.5. The predicted octanol–water partition coefficient (Wildman–Crippen LogP) is 4.88. The number of fused-ring (bicyclic) bond motifs is 2. The van der Waals surface area contributed by atoms with Gasteiger partial charge in [0, 0.05) is 17.3 Å². The third-order valence-corrected chi connectivity index (χ3v) is 9.33. The van der Waals surface area contributed by atoms with Gasteiger partial charge in [0.05, 0.1) is 33.0 Å². The molecule has 0 bridgehead atoms. The maximum Gasteiger partial charge on any atom is 0.277 e. The minimum atomic E-state index is -3.64. The molecule has 0 spiro atoms. The van der Waals surface area contributed by atoms with Crippen LogP contribution in [0.4, 0.5) is 17.3 Å². The molecule has 184 valence electrons. The van der Waals surface area contributed by atoms with E-state index in [1.54, 1.807) is 35.8 Å². The average molecular weight is 566 g/mol. The fourth-order valence-electron chi connectivity index (χ4n) is 3.58. The Balaban J connectivity index is 0.00000280. The summed E-state index contributed by atoms with van der Waals surface area (Å²) in [6, 6.07) is 12.5. The largest absolute Gasteiger partial charge is 0.382 e. The summed E-state index contributed by atoms with van der Waals surface area (Å²) in [6.07, 6.45) is 6.05. The number of thiophene rings is 2. The lowest BCUT2D eigenvalue weighted by molar-refractivity contribution is 0.591. The topological polar surface area (TPSA) is 129 Å². The Kier molecular flexibility index (Phi) is 6.53. The molecule has 0 aliphatic rings. The summed E-state index contributed by atoms with van der Waals surface area (Å²) in [6.45, 7) is 0. The summed E-state index contributed by atoms with van der Waals surface area (Å²) < 4.78 is 28.4. The number of nitrogen functional groups attached to an aromatic ring is 1. The van der Waals surface area contributed by atoms with Gasteiger partial charge in [-0.3, -0.25) is 0 Å². The van der Waals surface area contributed by atoms with Gasteiger partial charge in [-0.25, -0.2) is 23.9 Å². The van der Waals surface area contributed by atoms with Crippen molar-refractivity contribution in [3.8, 4) is 11.8 Å². The molecular weight excluding hydrogens is 550 g/mol. The first-order valence-corrected chi connectivity index (χ1v) is 13.6. The van der Waals surface area contributed by atoms with Crippen molar-refractivity contribution >= 4 is 83.5 Å². The van der Waals surface area contributed by atoms with Gasteiger partial charge in [0.1, 0.15) is 22.0 Å². The van der Waals surface area contributed by atoms with Crippen molar-refractivity contribution in [2.75, 3.05) is 11.1 Å². The van der Waals surface area contributed by atoms with Crippen LogP contribution in [0, 0.1) is 11.8 Å². The minimum absolute atomic E-state index is 0. The van der Waals surface area contributed by atoms with Crippen LogP contribution in [0.25, 0.3) is 21.1 Å². The molecule has 0 saturated carbocycles. The van der Waals surface area contributed by atoms with Crippen molar-refractivity contribution in [3.05, 3.63) is 83.3 Å². The van der Waals surface area contributed by atoms with Gasteiger partial charge in [0.15, 0.2) is 5.82 Å². The van der Waals surface area contributed by atoms with Gasteiger partial charge >= 0.3 is 0 Å². The van der Waals surface area contributed by atoms with Gasteiger partial charge in [-0.15, -0.1) is 35.1 Å². The highest BCUT2D eigenvalue weighted by Gasteiger charge is 2.20. The van der Waals surface area contributed by atoms with E-state index in [-0.39, 0.29) is 12.4 Å². The van der Waals surface area contributed by atoms with Crippen LogP contribution in [-0.4, -0.2) is 32.3 Å². The Morgan fingerprint density at radius 1 is 1.00 bits per heavy atom. The zero-order valence-corrected chi connectivity index (χ0v) is 22.0. The molecule has 13 heteroatoms. The van der Waals surface area contributed by atoms with E-state index in [4.69, 9.17) is 5.73 Å². The second-order valence-corrected chi connectivity index (χ2v) is 11.6. The molecule has 6 rings (SSSR count). The van der Waals surface area contributed by atoms with Crippen molar-refractivity contribution in [2.45, 2.75) is 4.21 Å². The molecule has 0 aliphatic heterocycles. The second-order valence-electron chi connectivity index (χ2n) is 7.57. The fourth-order valence-corrected chi connectivity index (χ4v) is 6.92. The van der Waals surface area contributed by atoms with Gasteiger partial charge < -0.3 is 11.1 Å². The molecule has 1 aromatic carbocycles. The number of nitrogens with zero attached hydrogens (tertiary/aromatic N) is 5. The van der Waals surface area contributed by atoms with Crippen molar-refractivity contribution in [2.24, 2.45) is 0 Å². The number of halogens is 1. The maximum absolute atomic E-state index is 13.0. The zero-order valence-electron chi connectivity index (χ0n) is 18.7. The molecule has 0 radical (unpaired) electrons. The van der Waals surface area contributed by atoms with Gasteiger partial charge in [-0.1, -0.05) is 6.07 Å². The quantitative estimate of drug-likeness (QED) is 0.289. The summed E-state index contributed by atoms with van der Waals surface area (Å²) in [5.41, 5.74) is 8.22. The van der Waals surface area contributed by atoms with Crippen LogP contribution in [-0.2, 0) is 10.0 Å². The number of hydrogen-bond donors (Lipinski definition) is 2. The molecule has 0 unspecified atom stereocenters. The molecule has 3 N–H and O–H groups in total. The second kappa shape index (κ2) is 9.79. The van der Waals surface area contributed by atoms with E-state index in [0.29, 0.717) is 27.1 Å². The monoisotopic (exact) mass is 565 g/mol. The number of anilines is 3. The number of nitrogens with two attached hydrogens (primary N) is 1. The third-order valence-electron chi connectivity index (χ3n) is 5.22. The first-order chi connectivity index (χ1) is 17.5. The van der Waals surface area contributed by atoms with Crippen molar-refractivity contribution in [3.63, 3.8) is 0 Å². The van der Waals surface area contributed by atoms with Gasteiger partial charge in [-0.05, 0) is 53.6 Å². The first kappa shape index (κ1) is 24.7. The van der Waals surface area contributed by atoms with E-state index >= 15 is 0 Å². The van der Waals surface area contributed by atoms with Crippen LogP contribution in [0.2, 0.25) is 0 Å². The summed E-state index contributed by atoms with van der Waals surface area (Å²) >= 11 is 2.65. The minimum Gasteiger partial charge on any atom is -0.382 e. The van der Waals surface area contributed by atoms with Crippen molar-refractivity contribution in [1.82, 2.24) is 23.9 Å². The summed E-state index contributed by atoms with van der Waals surface area (Å²) in [7, 11) is -3.64. The fraction of sp³-hybridized carbons (Fsp3) is 0. The van der Waals surface area contributed by atoms with E-state index in [1.807, 2.05) is 18.2 Å². The van der Waals surface area contributed by atoms with Crippen LogP contribution in [0.3, 0.4) is 0 Å². The lowest BCUT2D eigenvalue weighted by atomic mass is 10.2. The van der Waals surface area contributed by atoms with Gasteiger partial charge in [-0.2, -0.15) is 8.42 Å². The molecule has 0 atom stereocenters. The highest BCUT2D eigenvalue weighted by Crippen LogP contribution is 2.32. The lowest BCUT2D eigenvalue weighted by Gasteiger charge is -2.08. The molecular formula is C24H16ClN7O2S3. The van der Waals surface area contributed by atoms with Crippen LogP contribution >= 0.6 is 35.1 Å². The highest BCUT2D eigenvalue weighted by molar-refractivity contribution is 7.92. The van der Waals surface area contributed by atoms with E-state index in [0.717, 1.165) is 26.2 Å². The maximum atomic E-state index is 13.0. The lowest BCUT2D eigenvalue weighted by Crippen LogP contribution is -2.10. The van der Waals surface area contributed by atoms with Gasteiger partial charge in [0.25, 0.3) is 10.0 Å². The molecule has 5 heterocycles. The Hall–Kier alpha value is -4.02. The summed E-state index contributed by atoms with van der Waals surface area (Å²) in [5, 5.41) is 5.86.